The fourth-order valence-corrected chi connectivity index (χ4v) is 4.78. The molecule has 228 valence electrons. The Morgan fingerprint density at radius 2 is 1.19 bits per heavy atom. The van der Waals surface area contributed by atoms with Gasteiger partial charge < -0.3 is 69.3 Å². The monoisotopic (exact) mass is 594 g/mol. The number of rotatable bonds is 7. The Bertz CT molecular complexity index is 1460. The van der Waals surface area contributed by atoms with Gasteiger partial charge in [0.2, 0.25) is 18.0 Å². The van der Waals surface area contributed by atoms with Gasteiger partial charge in [0.15, 0.2) is 0 Å². The maximum absolute atomic E-state index is 13.3. The number of phenolic OH excluding ortho intramolecular Hbond substituents is 1. The number of hydrogen-bond acceptors (Lipinski definition) is 15. The van der Waals surface area contributed by atoms with Crippen molar-refractivity contribution in [2.24, 2.45) is 0 Å². The smallest absolute Gasteiger partial charge is 0.229 e. The van der Waals surface area contributed by atoms with E-state index in [2.05, 4.69) is 0 Å². The Morgan fingerprint density at radius 3 is 1.71 bits per heavy atom. The van der Waals surface area contributed by atoms with Gasteiger partial charge in [0.05, 0.1) is 24.2 Å². The Hall–Kier alpha value is -3.35. The van der Waals surface area contributed by atoms with Gasteiger partial charge in [0.25, 0.3) is 0 Å². The van der Waals surface area contributed by atoms with Crippen molar-refractivity contribution in [1.29, 1.82) is 0 Å². The van der Waals surface area contributed by atoms with E-state index in [0.717, 1.165) is 12.3 Å². The molecule has 2 aliphatic heterocycles. The van der Waals surface area contributed by atoms with Gasteiger partial charge in [0, 0.05) is 17.7 Å². The maximum atomic E-state index is 13.3. The molecule has 0 unspecified atom stereocenters. The van der Waals surface area contributed by atoms with Crippen LogP contribution in [0.1, 0.15) is 0 Å². The van der Waals surface area contributed by atoms with Crippen LogP contribution in [0.4, 0.5) is 0 Å². The molecule has 2 aromatic carbocycles. The number of aromatic hydroxyl groups is 1. The van der Waals surface area contributed by atoms with Crippen LogP contribution >= 0.6 is 0 Å². The van der Waals surface area contributed by atoms with Crippen LogP contribution in [0.3, 0.4) is 0 Å². The molecule has 42 heavy (non-hydrogen) atoms. The summed E-state index contributed by atoms with van der Waals surface area (Å²) in [6, 6.07) is 7.93. The molecule has 0 aliphatic carbocycles. The molecular formula is C27H30O15. The Kier molecular flexibility index (Phi) is 8.68. The van der Waals surface area contributed by atoms with Gasteiger partial charge in [-0.1, -0.05) is 0 Å². The van der Waals surface area contributed by atoms with Crippen molar-refractivity contribution in [2.75, 3.05) is 13.2 Å². The van der Waals surface area contributed by atoms with Crippen molar-refractivity contribution < 1.29 is 69.3 Å². The molecule has 0 spiro atoms. The lowest BCUT2D eigenvalue weighted by Crippen LogP contribution is -2.60. The Balaban J connectivity index is 1.35. The summed E-state index contributed by atoms with van der Waals surface area (Å²) in [6.45, 7) is -1.28. The van der Waals surface area contributed by atoms with Crippen LogP contribution in [0.15, 0.2) is 51.9 Å². The highest BCUT2D eigenvalue weighted by atomic mass is 16.7. The van der Waals surface area contributed by atoms with Crippen LogP contribution in [0.25, 0.3) is 22.1 Å². The van der Waals surface area contributed by atoms with Crippen molar-refractivity contribution in [3.05, 3.63) is 52.9 Å². The first-order valence-electron chi connectivity index (χ1n) is 12.9. The van der Waals surface area contributed by atoms with Crippen LogP contribution in [-0.2, 0) is 9.47 Å². The van der Waals surface area contributed by atoms with Gasteiger partial charge in [-0.2, -0.15) is 0 Å². The summed E-state index contributed by atoms with van der Waals surface area (Å²) in [6.07, 6.45) is -13.9. The maximum Gasteiger partial charge on any atom is 0.229 e. The highest BCUT2D eigenvalue weighted by molar-refractivity contribution is 5.84. The molecule has 2 aliphatic rings. The zero-order chi connectivity index (χ0) is 30.3. The molecule has 15 nitrogen and oxygen atoms in total. The molecule has 0 saturated carbocycles. The fourth-order valence-electron chi connectivity index (χ4n) is 4.78. The average molecular weight is 595 g/mol. The van der Waals surface area contributed by atoms with Crippen LogP contribution in [0.2, 0.25) is 0 Å². The molecule has 0 bridgehead atoms. The summed E-state index contributed by atoms with van der Waals surface area (Å²) in [5.74, 6) is -0.327. The quantitative estimate of drug-likeness (QED) is 0.137. The minimum absolute atomic E-state index is 0.0120. The van der Waals surface area contributed by atoms with E-state index in [1.165, 1.54) is 30.3 Å². The molecule has 2 fully saturated rings. The van der Waals surface area contributed by atoms with E-state index in [0.29, 0.717) is 0 Å². The molecular weight excluding hydrogens is 564 g/mol. The molecule has 3 aromatic rings. The Morgan fingerprint density at radius 1 is 0.667 bits per heavy atom. The zero-order valence-corrected chi connectivity index (χ0v) is 21.7. The number of benzene rings is 2. The van der Waals surface area contributed by atoms with Crippen LogP contribution in [0, 0.1) is 0 Å². The van der Waals surface area contributed by atoms with Crippen molar-refractivity contribution in [3.8, 4) is 28.4 Å². The second-order valence-electron chi connectivity index (χ2n) is 9.95. The van der Waals surface area contributed by atoms with E-state index < -0.39 is 85.8 Å². The summed E-state index contributed by atoms with van der Waals surface area (Å²) in [4.78, 5) is 13.3. The number of ether oxygens (including phenoxy) is 4. The summed E-state index contributed by atoms with van der Waals surface area (Å²) < 4.78 is 27.3. The molecule has 0 amide bonds. The molecule has 1 aromatic heterocycles. The van der Waals surface area contributed by atoms with Gasteiger partial charge >= 0.3 is 0 Å². The second kappa shape index (κ2) is 12.1. The molecule has 15 heteroatoms. The number of fused-ring (bicyclic) bond motifs is 1. The third-order valence-electron chi connectivity index (χ3n) is 7.21. The highest BCUT2D eigenvalue weighted by Gasteiger charge is 2.45. The fraction of sp³-hybridized carbons (Fsp3) is 0.444. The number of aliphatic hydroxyl groups excluding tert-OH is 8. The molecule has 3 heterocycles. The van der Waals surface area contributed by atoms with Gasteiger partial charge in [0.1, 0.15) is 77.9 Å². The first kappa shape index (κ1) is 30.1. The zero-order valence-electron chi connectivity index (χ0n) is 21.7. The largest absolute Gasteiger partial charge is 0.507 e. The van der Waals surface area contributed by atoms with Gasteiger partial charge in [-0.05, 0) is 24.3 Å². The van der Waals surface area contributed by atoms with Gasteiger partial charge in [-0.25, -0.2) is 0 Å². The van der Waals surface area contributed by atoms with E-state index >= 15 is 0 Å². The normalized spacial score (nSPS) is 33.4. The summed E-state index contributed by atoms with van der Waals surface area (Å²) in [7, 11) is 0. The standard InChI is InChI=1S/C27H30O15/c28-7-17-20(32)22(34)24(36)26(41-17)39-10-1-3-12(15(30)5-10)14-9-38-16-6-11(2-4-13(16)19(14)31)40-27-25(37)23(35)21(33)18(8-29)42-27/h1-6,9,17-18,20-30,32-37H,7-8H2/t17-,18-,20-,21+,22-,23-,24+,25+,26-,27+/m0/s1. The SMILES string of the molecule is O=c1c(-c2ccc(O[C@H]3O[C@@H](CO)[C@H](O)[C@H](O)[C@H]3O)cc2O)coc2cc(O[C@@H]3O[C@@H](CO)[C@@H](O)[C@H](O)[C@H]3O)ccc12. The topological polar surface area (TPSA) is 249 Å². The predicted octanol–water partition coefficient (Wildman–Crippen LogP) is -2.48. The molecule has 10 atom stereocenters. The first-order valence-corrected chi connectivity index (χ1v) is 12.9. The third kappa shape index (κ3) is 5.55. The molecule has 0 radical (unpaired) electrons. The lowest BCUT2D eigenvalue weighted by molar-refractivity contribution is -0.277. The van der Waals surface area contributed by atoms with Crippen LogP contribution < -0.4 is 14.9 Å². The van der Waals surface area contributed by atoms with E-state index in [9.17, 15) is 50.8 Å². The lowest BCUT2D eigenvalue weighted by atomic mass is 9.99. The minimum atomic E-state index is -1.66. The molecule has 5 rings (SSSR count). The number of phenols is 1. The summed E-state index contributed by atoms with van der Waals surface area (Å²) >= 11 is 0. The lowest BCUT2D eigenvalue weighted by Gasteiger charge is -2.39. The predicted molar refractivity (Wildman–Crippen MR) is 138 cm³/mol. The van der Waals surface area contributed by atoms with Gasteiger partial charge in [-0.15, -0.1) is 0 Å². The van der Waals surface area contributed by atoms with Gasteiger partial charge in [-0.3, -0.25) is 4.79 Å². The van der Waals surface area contributed by atoms with E-state index in [1.54, 1.807) is 0 Å². The highest BCUT2D eigenvalue weighted by Crippen LogP contribution is 2.34. The minimum Gasteiger partial charge on any atom is -0.507 e. The van der Waals surface area contributed by atoms with Crippen molar-refractivity contribution in [1.82, 2.24) is 0 Å². The van der Waals surface area contributed by atoms with E-state index in [1.807, 2.05) is 0 Å². The third-order valence-corrected chi connectivity index (χ3v) is 7.21. The van der Waals surface area contributed by atoms with Crippen molar-refractivity contribution >= 4 is 11.0 Å². The Labute approximate surface area is 236 Å². The molecule has 2 saturated heterocycles. The van der Waals surface area contributed by atoms with Crippen molar-refractivity contribution in [3.63, 3.8) is 0 Å². The van der Waals surface area contributed by atoms with E-state index in [-0.39, 0.29) is 33.6 Å². The van der Waals surface area contributed by atoms with Crippen LogP contribution in [0.5, 0.6) is 17.2 Å². The molecule has 9 N–H and O–H groups in total. The average Bonchev–Trinajstić information content (AvgIpc) is 2.98. The summed E-state index contributed by atoms with van der Waals surface area (Å²) in [5, 5.41) is 89.6. The van der Waals surface area contributed by atoms with Crippen molar-refractivity contribution in [2.45, 2.75) is 61.4 Å². The van der Waals surface area contributed by atoms with E-state index in [4.69, 9.17) is 23.4 Å². The number of aliphatic hydroxyl groups is 8. The first-order chi connectivity index (χ1) is 20.0. The summed E-state index contributed by atoms with van der Waals surface area (Å²) in [5.41, 5.74) is -0.378. The van der Waals surface area contributed by atoms with Crippen LogP contribution in [-0.4, -0.2) is 121 Å². The number of hydrogen-bond donors (Lipinski definition) is 9. The second-order valence-corrected chi connectivity index (χ2v) is 9.95.